The van der Waals surface area contributed by atoms with Gasteiger partial charge < -0.3 is 48.3 Å². The van der Waals surface area contributed by atoms with Crippen molar-refractivity contribution in [2.75, 3.05) is 25.1 Å². The molecule has 0 aromatic heterocycles. The first-order chi connectivity index (χ1) is 28.6. The van der Waals surface area contributed by atoms with E-state index in [0.717, 1.165) is 38.5 Å². The molecule has 1 aliphatic rings. The fourth-order valence-corrected chi connectivity index (χ4v) is 6.70. The third-order valence-electron chi connectivity index (χ3n) is 9.76. The number of carboxylic acid groups (broad SMARTS) is 2. The Kier molecular flexibility index (Phi) is 32.0. The van der Waals surface area contributed by atoms with Crippen LogP contribution in [0, 0.1) is 0 Å². The molecule has 0 radical (unpaired) electrons. The fourth-order valence-electron chi connectivity index (χ4n) is 6.23. The van der Waals surface area contributed by atoms with Crippen molar-refractivity contribution in [3.63, 3.8) is 0 Å². The Morgan fingerprint density at radius 2 is 1.20 bits per heavy atom. The van der Waals surface area contributed by atoms with Gasteiger partial charge in [-0.2, -0.15) is 11.8 Å². The number of unbranched alkanes of at least 4 members (excludes halogenated alkanes) is 5. The highest BCUT2D eigenvalue weighted by Gasteiger charge is 2.34. The number of thioether (sulfide) groups is 1. The highest BCUT2D eigenvalue weighted by Crippen LogP contribution is 2.11. The lowest BCUT2D eigenvalue weighted by Gasteiger charge is -2.26. The molecule has 0 spiro atoms. The maximum Gasteiger partial charge on any atom is 0.305 e. The molecule has 3 unspecified atom stereocenters. The Bertz CT molecular complexity index is 1360. The molecule has 1 heterocycles. The molecule has 1 rings (SSSR count). The van der Waals surface area contributed by atoms with Gasteiger partial charge in [-0.1, -0.05) is 84.5 Å². The number of guanidine groups is 1. The van der Waals surface area contributed by atoms with Crippen molar-refractivity contribution in [3.05, 3.63) is 0 Å². The van der Waals surface area contributed by atoms with Crippen LogP contribution in [0.25, 0.3) is 0 Å². The Balaban J connectivity index is 0.00000391. The van der Waals surface area contributed by atoms with Gasteiger partial charge in [-0.05, 0) is 64.0 Å². The van der Waals surface area contributed by atoms with Crippen molar-refractivity contribution >= 4 is 64.9 Å². The summed E-state index contributed by atoms with van der Waals surface area (Å²) in [7, 11) is 0. The van der Waals surface area contributed by atoms with Crippen LogP contribution in [0.1, 0.15) is 149 Å². The van der Waals surface area contributed by atoms with Gasteiger partial charge in [-0.15, -0.1) is 0 Å². The quantitative estimate of drug-likeness (QED) is 0.0440. The smallest absolute Gasteiger partial charge is 0.305 e. The second-order valence-corrected chi connectivity index (χ2v) is 16.1. The van der Waals surface area contributed by atoms with Gasteiger partial charge in [0, 0.05) is 19.4 Å². The number of nitrogens with one attached hydrogen (secondary N) is 5. The number of aliphatic carboxylic acids is 2. The van der Waals surface area contributed by atoms with Crippen LogP contribution in [-0.2, 0) is 38.4 Å². The number of carbonyl (C=O) groups is 8. The van der Waals surface area contributed by atoms with Gasteiger partial charge >= 0.3 is 11.9 Å². The van der Waals surface area contributed by atoms with Crippen LogP contribution < -0.4 is 38.1 Å². The lowest BCUT2D eigenvalue weighted by atomic mass is 10.0. The summed E-state index contributed by atoms with van der Waals surface area (Å²) in [5.74, 6) is -7.40. The van der Waals surface area contributed by atoms with Gasteiger partial charge in [0.05, 0.1) is 18.5 Å². The van der Waals surface area contributed by atoms with Crippen LogP contribution in [0.4, 0.5) is 0 Å². The van der Waals surface area contributed by atoms with E-state index < -0.39 is 96.6 Å². The van der Waals surface area contributed by atoms with E-state index in [1.54, 1.807) is 13.2 Å². The zero-order valence-corrected chi connectivity index (χ0v) is 37.1. The van der Waals surface area contributed by atoms with Gasteiger partial charge in [-0.3, -0.25) is 43.3 Å². The Hall–Kier alpha value is -4.26. The highest BCUT2D eigenvalue weighted by molar-refractivity contribution is 7.98. The Labute approximate surface area is 360 Å². The van der Waals surface area contributed by atoms with Gasteiger partial charge in [0.25, 0.3) is 0 Å². The molecule has 0 aliphatic carbocycles. The number of hydrogen-bond donors (Lipinski definition) is 9. The van der Waals surface area contributed by atoms with E-state index in [-0.39, 0.29) is 38.2 Å². The van der Waals surface area contributed by atoms with Crippen molar-refractivity contribution < 1.29 is 48.6 Å². The van der Waals surface area contributed by atoms with Crippen molar-refractivity contribution in [1.82, 2.24) is 26.6 Å². The SMILES string of the molecule is CCCCCCCC.CSCCC1NC(=O)[C@H](CCCN=C(N)N)NC(=O)C(CCC(=O)O)NC(=O)[C@H](CC(=O)O)NC(=O)CCCCCCCCCNC(C)C(=O)C1=O. The normalized spacial score (nSPS) is 22.3. The second-order valence-electron chi connectivity index (χ2n) is 15.1. The number of amides is 4. The first-order valence-electron chi connectivity index (χ1n) is 21.6. The van der Waals surface area contributed by atoms with Gasteiger partial charge in [0.1, 0.15) is 18.1 Å². The molecule has 0 bridgehead atoms. The van der Waals surface area contributed by atoms with Crippen LogP contribution >= 0.6 is 11.8 Å². The molecule has 5 atom stereocenters. The summed E-state index contributed by atoms with van der Waals surface area (Å²) in [6.07, 6.45) is 14.2. The van der Waals surface area contributed by atoms with Crippen LogP contribution in [-0.4, -0.2) is 119 Å². The second kappa shape index (κ2) is 34.5. The zero-order valence-electron chi connectivity index (χ0n) is 36.3. The summed E-state index contributed by atoms with van der Waals surface area (Å²) < 4.78 is 0. The molecule has 1 saturated heterocycles. The van der Waals surface area contributed by atoms with Crippen molar-refractivity contribution in [3.8, 4) is 0 Å². The fraction of sp³-hybridized carbons (Fsp3) is 0.780. The summed E-state index contributed by atoms with van der Waals surface area (Å²) in [6, 6.07) is -6.52. The van der Waals surface area contributed by atoms with Crippen LogP contribution in [0.2, 0.25) is 0 Å². The standard InChI is InChI=1S/C33H56N8O10S.C8H18/c1-20-28(47)29(48)21(15-18-52-2)39-30(49)22(11-10-17-37-33(34)35)40-31(50)23(13-14-26(43)44)41-32(51)24(19-27(45)46)38-25(42)12-8-6-4-3-5-7-9-16-36-20;1-3-5-7-8-6-4-2/h20-24,36H,3-19H2,1-2H3,(H,38,42)(H,39,49)(H,40,50)(H,41,51)(H,43,44)(H,45,46)(H4,34,35,37);3-8H2,1-2H3/t20?,21?,22-,23?,24-;/m0./s1. The molecule has 0 aromatic carbocycles. The first-order valence-corrected chi connectivity index (χ1v) is 23.0. The van der Waals surface area contributed by atoms with E-state index in [9.17, 15) is 48.6 Å². The molecule has 19 heteroatoms. The highest BCUT2D eigenvalue weighted by atomic mass is 32.2. The molecule has 1 fully saturated rings. The number of rotatable bonds is 17. The number of hydrogen-bond acceptors (Lipinski definition) is 11. The number of nitrogens with zero attached hydrogens (tertiary/aromatic N) is 1. The number of aliphatic imine (C=N–C) groups is 1. The maximum atomic E-state index is 13.7. The Morgan fingerprint density at radius 3 is 1.73 bits per heavy atom. The van der Waals surface area contributed by atoms with Crippen LogP contribution in [0.5, 0.6) is 0 Å². The Morgan fingerprint density at radius 1 is 0.667 bits per heavy atom. The number of carbonyl (C=O) groups excluding carboxylic acids is 6. The van der Waals surface area contributed by atoms with Gasteiger partial charge in [0.15, 0.2) is 5.96 Å². The summed E-state index contributed by atoms with van der Waals surface area (Å²) in [6.45, 7) is 6.65. The molecular weight excluding hydrogens is 797 g/mol. The lowest BCUT2D eigenvalue weighted by Crippen LogP contribution is -2.58. The molecule has 0 aromatic rings. The third kappa shape index (κ3) is 27.5. The first kappa shape index (κ1) is 55.7. The summed E-state index contributed by atoms with van der Waals surface area (Å²) in [4.78, 5) is 107. The average Bonchev–Trinajstić information content (AvgIpc) is 3.19. The summed E-state index contributed by atoms with van der Waals surface area (Å²) in [5, 5.41) is 31.7. The topological polar surface area (TPSA) is 302 Å². The van der Waals surface area contributed by atoms with Crippen molar-refractivity contribution in [1.29, 1.82) is 0 Å². The molecule has 18 nitrogen and oxygen atoms in total. The van der Waals surface area contributed by atoms with E-state index in [0.29, 0.717) is 18.7 Å². The van der Waals surface area contributed by atoms with E-state index in [1.165, 1.54) is 50.3 Å². The molecule has 11 N–H and O–H groups in total. The summed E-state index contributed by atoms with van der Waals surface area (Å²) in [5.41, 5.74) is 10.8. The van der Waals surface area contributed by atoms with E-state index in [1.807, 2.05) is 0 Å². The lowest BCUT2D eigenvalue weighted by molar-refractivity contribution is -0.141. The van der Waals surface area contributed by atoms with Gasteiger partial charge in [0.2, 0.25) is 35.2 Å². The van der Waals surface area contributed by atoms with Crippen molar-refractivity contribution in [2.24, 2.45) is 16.5 Å². The minimum atomic E-state index is -1.57. The monoisotopic (exact) mass is 871 g/mol. The number of Topliss-reactive ketones (excluding diaryl/α,β-unsaturated/α-hetero) is 2. The average molecular weight is 871 g/mol. The zero-order chi connectivity index (χ0) is 45.3. The van der Waals surface area contributed by atoms with E-state index >= 15 is 0 Å². The molecule has 60 heavy (non-hydrogen) atoms. The van der Waals surface area contributed by atoms with Crippen LogP contribution in [0.3, 0.4) is 0 Å². The molecule has 1 aliphatic heterocycles. The van der Waals surface area contributed by atoms with Gasteiger partial charge in [-0.25, -0.2) is 0 Å². The number of ketones is 2. The minimum Gasteiger partial charge on any atom is -0.481 e. The molecular formula is C41H74N8O10S. The number of carboxylic acids is 2. The molecule has 4 amide bonds. The predicted molar refractivity (Wildman–Crippen MR) is 233 cm³/mol. The number of nitrogens with two attached hydrogens (primary N) is 2. The predicted octanol–water partition coefficient (Wildman–Crippen LogP) is 2.69. The molecule has 344 valence electrons. The van der Waals surface area contributed by atoms with E-state index in [2.05, 4.69) is 45.4 Å². The third-order valence-corrected chi connectivity index (χ3v) is 10.4. The van der Waals surface area contributed by atoms with Crippen LogP contribution in [0.15, 0.2) is 4.99 Å². The van der Waals surface area contributed by atoms with E-state index in [4.69, 9.17) is 11.5 Å². The van der Waals surface area contributed by atoms with Crippen molar-refractivity contribution in [2.45, 2.75) is 179 Å². The molecule has 0 saturated carbocycles. The maximum absolute atomic E-state index is 13.7. The summed E-state index contributed by atoms with van der Waals surface area (Å²) >= 11 is 1.40. The minimum absolute atomic E-state index is 0.0372. The largest absolute Gasteiger partial charge is 0.481 e.